The molecule has 17 heteroatoms. The van der Waals surface area contributed by atoms with Gasteiger partial charge in [0.15, 0.2) is 0 Å². The number of benzene rings is 2. The van der Waals surface area contributed by atoms with E-state index in [2.05, 4.69) is 9.80 Å². The molecule has 2 aromatic rings. The summed E-state index contributed by atoms with van der Waals surface area (Å²) in [5.74, 6) is -2.46. The molecular weight excluding hydrogens is 768 g/mol. The van der Waals surface area contributed by atoms with Gasteiger partial charge in [-0.25, -0.2) is 0 Å². The predicted octanol–water partition coefficient (Wildman–Crippen LogP) is 0.624. The van der Waals surface area contributed by atoms with Crippen LogP contribution >= 0.6 is 0 Å². The first-order valence-electron chi connectivity index (χ1n) is 18.6. The summed E-state index contributed by atoms with van der Waals surface area (Å²) in [5, 5.41) is 37.3. The van der Waals surface area contributed by atoms with E-state index in [1.807, 2.05) is 34.1 Å². The molecule has 300 valence electrons. The van der Waals surface area contributed by atoms with Crippen molar-refractivity contribution in [3.63, 3.8) is 0 Å². The average molecular weight is 827 g/mol. The van der Waals surface area contributed by atoms with Gasteiger partial charge in [0.05, 0.1) is 26.3 Å². The molecule has 0 spiro atoms. The quantitative estimate of drug-likeness (QED) is 0.0706. The van der Waals surface area contributed by atoms with E-state index in [1.54, 1.807) is 24.3 Å². The van der Waals surface area contributed by atoms with Crippen molar-refractivity contribution in [1.29, 1.82) is 0 Å². The third-order valence-corrected chi connectivity index (χ3v) is 9.31. The normalized spacial score (nSPS) is 16.5. The third-order valence-electron chi connectivity index (χ3n) is 9.31. The van der Waals surface area contributed by atoms with Crippen molar-refractivity contribution in [2.45, 2.75) is 50.6 Å². The van der Waals surface area contributed by atoms with Crippen molar-refractivity contribution in [2.75, 3.05) is 91.8 Å². The second-order valence-corrected chi connectivity index (χ2v) is 13.7. The van der Waals surface area contributed by atoms with E-state index in [0.29, 0.717) is 77.1 Å². The number of hydrogen-bond acceptors (Lipinski definition) is 12. The van der Waals surface area contributed by atoms with Gasteiger partial charge in [-0.15, -0.1) is 0 Å². The first kappa shape index (κ1) is 47.5. The Hall–Kier alpha value is -3.68. The molecule has 0 aliphatic carbocycles. The van der Waals surface area contributed by atoms with Crippen molar-refractivity contribution >= 4 is 43.7 Å². The van der Waals surface area contributed by atoms with Gasteiger partial charge in [-0.05, 0) is 87.0 Å². The Balaban J connectivity index is 0.0000105. The monoisotopic (exact) mass is 826 g/mol. The van der Waals surface area contributed by atoms with Crippen molar-refractivity contribution in [3.8, 4) is 11.5 Å². The zero-order valence-corrected chi connectivity index (χ0v) is 34.1. The topological polar surface area (TPSA) is 233 Å². The molecule has 1 aliphatic rings. The van der Waals surface area contributed by atoms with E-state index in [1.165, 1.54) is 0 Å². The second-order valence-electron chi connectivity index (χ2n) is 13.7. The van der Waals surface area contributed by atoms with Crippen molar-refractivity contribution in [2.24, 2.45) is 11.5 Å². The molecule has 2 atom stereocenters. The van der Waals surface area contributed by atoms with E-state index in [4.69, 9.17) is 31.2 Å². The number of hydrogen-bond donors (Lipinski definition) is 6. The van der Waals surface area contributed by atoms with Gasteiger partial charge in [0.2, 0.25) is 0 Å². The largest absolute Gasteiger partial charge is 3.00 e. The molecule has 16 nitrogen and oxygen atoms in total. The fourth-order valence-electron chi connectivity index (χ4n) is 6.11. The molecule has 1 heterocycles. The predicted molar refractivity (Wildman–Crippen MR) is 208 cm³/mol. The molecule has 3 rings (SSSR count). The number of unbranched alkanes of at least 4 members (excludes halogenated alkanes) is 2. The van der Waals surface area contributed by atoms with Gasteiger partial charge >= 0.3 is 43.7 Å². The Bertz CT molecular complexity index is 1310. The number of carboxylic acid groups (broad SMARTS) is 4. The van der Waals surface area contributed by atoms with Crippen molar-refractivity contribution < 1.29 is 49.1 Å². The molecule has 1 aliphatic heterocycles. The Kier molecular flexibility index (Phi) is 22.6. The minimum absolute atomic E-state index is 0. The molecule has 0 amide bonds. The van der Waals surface area contributed by atoms with Gasteiger partial charge in [0, 0.05) is 52.4 Å². The standard InChI is InChI=1S/C38H58N6O10.Ga/c39-33(37(49)50)25-29-5-9-31(10-6-29)53-23-3-1-13-41-15-19-43(27-35(45)46)21-17-42(18-22-44(20-16-41)28-36(47)48)14-2-4-24-54-32-11-7-30(8-12-32)26-34(40)38(51)52;/h5-12,33-34H,1-4,13-28,39-40H2,(H,45,46)(H,47,48)(H,49,50)(H,51,52);/q;+3/t33-,34-;/m0./s1/i;1-2. The fraction of sp³-hybridized carbons (Fsp3) is 0.579. The Morgan fingerprint density at radius 2 is 0.836 bits per heavy atom. The fourth-order valence-corrected chi connectivity index (χ4v) is 6.11. The van der Waals surface area contributed by atoms with Gasteiger partial charge < -0.3 is 51.2 Å². The number of ether oxygens (including phenoxy) is 2. The SMILES string of the molecule is N[C@@H](Cc1ccc(OCCCCN2CCN(CC(=O)O)CCN(CCCCOc3ccc(C[C@H](N)C(=O)O)cc3)CCN(CC(=O)O)CC2)cc1)C(=O)O.[68Ga+3]. The van der Waals surface area contributed by atoms with E-state index in [9.17, 15) is 29.4 Å². The Morgan fingerprint density at radius 3 is 1.13 bits per heavy atom. The zero-order valence-electron chi connectivity index (χ0n) is 31.7. The summed E-state index contributed by atoms with van der Waals surface area (Å²) in [5.41, 5.74) is 12.9. The summed E-state index contributed by atoms with van der Waals surface area (Å²) in [4.78, 5) is 54.0. The van der Waals surface area contributed by atoms with Gasteiger partial charge in [0.1, 0.15) is 23.6 Å². The summed E-state index contributed by atoms with van der Waals surface area (Å²) in [6.07, 6.45) is 3.74. The maximum atomic E-state index is 11.7. The van der Waals surface area contributed by atoms with E-state index >= 15 is 0 Å². The van der Waals surface area contributed by atoms with Crippen LogP contribution in [0, 0.1) is 0 Å². The summed E-state index contributed by atoms with van der Waals surface area (Å²) in [7, 11) is 0. The minimum Gasteiger partial charge on any atom is -0.494 e. The number of aliphatic carboxylic acids is 4. The summed E-state index contributed by atoms with van der Waals surface area (Å²) in [6.45, 7) is 7.29. The smallest absolute Gasteiger partial charge is 0.494 e. The van der Waals surface area contributed by atoms with Crippen LogP contribution in [0.4, 0.5) is 0 Å². The molecule has 0 saturated carbocycles. The molecule has 8 N–H and O–H groups in total. The van der Waals surface area contributed by atoms with Crippen LogP contribution < -0.4 is 20.9 Å². The van der Waals surface area contributed by atoms with Crippen molar-refractivity contribution in [3.05, 3.63) is 59.7 Å². The van der Waals surface area contributed by atoms with Crippen LogP contribution in [-0.2, 0) is 32.0 Å². The van der Waals surface area contributed by atoms with Crippen LogP contribution in [0.15, 0.2) is 48.5 Å². The molecular formula is C38H58GaN6O10+3. The van der Waals surface area contributed by atoms with E-state index in [-0.39, 0.29) is 45.7 Å². The number of nitrogens with two attached hydrogens (primary N) is 2. The third kappa shape index (κ3) is 20.2. The van der Waals surface area contributed by atoms with Crippen LogP contribution in [0.25, 0.3) is 0 Å². The molecule has 0 bridgehead atoms. The first-order chi connectivity index (χ1) is 25.9. The molecule has 1 fully saturated rings. The van der Waals surface area contributed by atoms with Gasteiger partial charge in [-0.1, -0.05) is 24.3 Å². The molecule has 0 unspecified atom stereocenters. The van der Waals surface area contributed by atoms with E-state index in [0.717, 1.165) is 49.9 Å². The van der Waals surface area contributed by atoms with Gasteiger partial charge in [-0.3, -0.25) is 29.0 Å². The van der Waals surface area contributed by atoms with E-state index < -0.39 is 36.0 Å². The average Bonchev–Trinajstić information content (AvgIpc) is 3.12. The second kappa shape index (κ2) is 26.2. The zero-order chi connectivity index (χ0) is 39.3. The molecule has 2 aromatic carbocycles. The van der Waals surface area contributed by atoms with Crippen LogP contribution in [0.5, 0.6) is 11.5 Å². The summed E-state index contributed by atoms with van der Waals surface area (Å²) in [6, 6.07) is 12.5. The number of carboxylic acids is 4. The van der Waals surface area contributed by atoms with Crippen LogP contribution in [0.2, 0.25) is 0 Å². The van der Waals surface area contributed by atoms with Crippen LogP contribution in [0.3, 0.4) is 0 Å². The number of rotatable bonds is 22. The summed E-state index contributed by atoms with van der Waals surface area (Å²) < 4.78 is 11.8. The maximum Gasteiger partial charge on any atom is 3.00 e. The Labute approximate surface area is 336 Å². The number of carbonyl (C=O) groups is 4. The van der Waals surface area contributed by atoms with Gasteiger partial charge in [0.25, 0.3) is 0 Å². The molecule has 1 saturated heterocycles. The Morgan fingerprint density at radius 1 is 0.527 bits per heavy atom. The maximum absolute atomic E-state index is 11.7. The minimum atomic E-state index is -1.04. The van der Waals surface area contributed by atoms with Crippen LogP contribution in [0.1, 0.15) is 36.8 Å². The van der Waals surface area contributed by atoms with Gasteiger partial charge in [-0.2, -0.15) is 0 Å². The van der Waals surface area contributed by atoms with Crippen molar-refractivity contribution in [1.82, 2.24) is 19.6 Å². The van der Waals surface area contributed by atoms with Crippen LogP contribution in [-0.4, -0.2) is 188 Å². The molecule has 55 heavy (non-hydrogen) atoms. The summed E-state index contributed by atoms with van der Waals surface area (Å²) >= 11 is 0. The molecule has 0 radical (unpaired) electrons. The first-order valence-corrected chi connectivity index (χ1v) is 18.6. The number of nitrogens with zero attached hydrogens (tertiary/aromatic N) is 4. The molecule has 0 aromatic heterocycles.